The van der Waals surface area contributed by atoms with E-state index in [9.17, 15) is 5.11 Å². The summed E-state index contributed by atoms with van der Waals surface area (Å²) < 4.78 is 0. The number of nitrogens with one attached hydrogen (secondary N) is 5. The molecule has 0 bridgehead atoms. The summed E-state index contributed by atoms with van der Waals surface area (Å²) in [6.07, 6.45) is 18.3. The highest BCUT2D eigenvalue weighted by atomic mass is 32.1. The second-order valence-electron chi connectivity index (χ2n) is 28.4. The van der Waals surface area contributed by atoms with E-state index in [0.717, 1.165) is 159 Å². The number of piperazine rings is 5. The van der Waals surface area contributed by atoms with Gasteiger partial charge in [-0.2, -0.15) is 35.7 Å². The Kier molecular flexibility index (Phi) is 35.7. The molecule has 5 fully saturated rings. The highest BCUT2D eigenvalue weighted by Gasteiger charge is 2.24. The fourth-order valence-corrected chi connectivity index (χ4v) is 13.5. The maximum atomic E-state index is 10.2. The summed E-state index contributed by atoms with van der Waals surface area (Å²) in [5.74, 6) is 0.124. The van der Waals surface area contributed by atoms with E-state index in [4.69, 9.17) is 66.8 Å². The van der Waals surface area contributed by atoms with Gasteiger partial charge in [-0.25, -0.2) is 0 Å². The van der Waals surface area contributed by atoms with E-state index in [-0.39, 0.29) is 5.75 Å². The summed E-state index contributed by atoms with van der Waals surface area (Å²) in [6.45, 7) is 18.7. The molecule has 0 radical (unpaired) electrons. The van der Waals surface area contributed by atoms with Crippen molar-refractivity contribution in [2.24, 2.45) is 25.5 Å². The molecule has 5 aliphatic heterocycles. The lowest BCUT2D eigenvalue weighted by Gasteiger charge is -2.33. The average molecular weight is 1730 g/mol. The fourth-order valence-electron chi connectivity index (χ4n) is 12.4. The van der Waals surface area contributed by atoms with Crippen LogP contribution in [0.25, 0.3) is 0 Å². The first kappa shape index (κ1) is 90.4. The van der Waals surface area contributed by atoms with Crippen LogP contribution in [0.15, 0.2) is 251 Å². The number of hydrogen-bond donors (Lipinski definition) is 7. The molecule has 0 spiro atoms. The first-order chi connectivity index (χ1) is 59.5. The molecule has 3 aromatic carbocycles. The third-order valence-corrected chi connectivity index (χ3v) is 21.4. The highest BCUT2D eigenvalue weighted by molar-refractivity contribution is 7.81. The van der Waals surface area contributed by atoms with Crippen molar-refractivity contribution in [1.29, 1.82) is 0 Å². The molecule has 0 aliphatic carbocycles. The van der Waals surface area contributed by atoms with Crippen molar-refractivity contribution in [3.8, 4) is 5.75 Å². The van der Waals surface area contributed by atoms with Gasteiger partial charge in [-0.3, -0.25) is 62.0 Å². The molecular formula is C84H100N32OS5. The number of phenols is 1. The number of thiocarbonyl (C=S) groups is 5. The van der Waals surface area contributed by atoms with Crippen molar-refractivity contribution < 1.29 is 5.11 Å². The van der Waals surface area contributed by atoms with Crippen molar-refractivity contribution in [1.82, 2.24) is 131 Å². The Morgan fingerprint density at radius 3 is 0.918 bits per heavy atom. The minimum Gasteiger partial charge on any atom is -0.507 e. The quantitative estimate of drug-likeness (QED) is 0.0291. The zero-order valence-corrected chi connectivity index (χ0v) is 72.8. The normalized spacial score (nSPS) is 15.8. The molecule has 122 heavy (non-hydrogen) atoms. The molecule has 0 amide bonds. The van der Waals surface area contributed by atoms with Gasteiger partial charge >= 0.3 is 0 Å². The topological polar surface area (TPSA) is 342 Å². The van der Waals surface area contributed by atoms with E-state index < -0.39 is 0 Å². The molecule has 5 aliphatic rings. The maximum Gasteiger partial charge on any atom is 0.189 e. The van der Waals surface area contributed by atoms with E-state index in [1.165, 1.54) is 0 Å². The summed E-state index contributed by atoms with van der Waals surface area (Å²) >= 11 is 27.4. The van der Waals surface area contributed by atoms with Crippen LogP contribution in [0.2, 0.25) is 0 Å². The van der Waals surface area contributed by atoms with Crippen LogP contribution in [0.3, 0.4) is 0 Å². The van der Waals surface area contributed by atoms with Crippen LogP contribution >= 0.6 is 61.1 Å². The van der Waals surface area contributed by atoms with Crippen molar-refractivity contribution in [3.63, 3.8) is 0 Å². The second kappa shape index (κ2) is 48.2. The third kappa shape index (κ3) is 28.1. The number of pyridine rings is 3. The van der Waals surface area contributed by atoms with Gasteiger partial charge < -0.3 is 59.8 Å². The monoisotopic (exact) mass is 1730 g/mol. The Balaban J connectivity index is 0.000000149. The molecule has 632 valence electrons. The summed E-state index contributed by atoms with van der Waals surface area (Å²) in [5.41, 5.74) is 31.9. The summed E-state index contributed by atoms with van der Waals surface area (Å²) in [4.78, 5) is 52.0. The molecule has 10 aromatic rings. The predicted octanol–water partition coefficient (Wildman–Crippen LogP) is 5.44. The van der Waals surface area contributed by atoms with Crippen LogP contribution in [0.5, 0.6) is 5.75 Å². The Morgan fingerprint density at radius 2 is 0.590 bits per heavy atom. The highest BCUT2D eigenvalue weighted by Crippen LogP contribution is 2.21. The Labute approximate surface area is 738 Å². The number of nitrogen functional groups attached to an aromatic ring is 1. The molecular weight excluding hydrogens is 1630 g/mol. The van der Waals surface area contributed by atoms with Gasteiger partial charge in [0.2, 0.25) is 0 Å². The first-order valence-corrected chi connectivity index (χ1v) is 41.6. The molecule has 38 heteroatoms. The molecule has 7 aromatic heterocycles. The standard InChI is InChI=1S/C17H21N7S.C17H20N6OS.2C17H20N6S.C16H19N7S/c1-23-9-11-24(12-10-23)17(25)22-21-16(15-7-4-8-19-20-15)13-5-2-3-6-14(13)18;1-22-9-11-23(12-10-22)17(25)21-20-16(14-6-4-8-18-19-14)13-5-2-3-7-15(13)24;1-22-10-12-23(13-11-22)17(24)21-20-16(14-6-2-4-8-18-14)15-7-3-5-9-19-15;1-22-9-11-23(12-10-22)17(24)21-20-16(14-5-3-2-4-6-14)15-13-18-7-8-19-15;1-22-8-10-23(11-9-22)16(24)21-20-15(13-4-2-3-5-18-13)14-12-17-6-7-19-14/h2-8H,9-12,18H2,1H3,(H,22,25);2-8,24H,9-12H2,1H3,(H,21,25);2-9H,10-13H2,1H3,(H,21,24);2-8,13H,9-12H2,1H3,(H,21,24);2-7,12H,8-11H2,1H3,(H,21,24)/b21-16-;20-16-;;20-16-;20-15-. The van der Waals surface area contributed by atoms with Gasteiger partial charge in [0, 0.05) is 209 Å². The number of para-hydroxylation sites is 2. The van der Waals surface area contributed by atoms with Gasteiger partial charge in [-0.15, -0.1) is 10.2 Å². The van der Waals surface area contributed by atoms with Crippen LogP contribution in [0, 0.1) is 0 Å². The van der Waals surface area contributed by atoms with Gasteiger partial charge in [0.25, 0.3) is 0 Å². The van der Waals surface area contributed by atoms with E-state index in [1.54, 1.807) is 98.5 Å². The molecule has 5 saturated heterocycles. The number of likely N-dealkylation sites (N-methyl/N-ethyl adjacent to an activating group) is 5. The largest absolute Gasteiger partial charge is 0.507 e. The van der Waals surface area contributed by atoms with Crippen molar-refractivity contribution >= 4 is 121 Å². The Hall–Kier alpha value is -12.4. The van der Waals surface area contributed by atoms with Crippen molar-refractivity contribution in [2.45, 2.75) is 0 Å². The van der Waals surface area contributed by atoms with Crippen LogP contribution in [-0.4, -0.2) is 330 Å². The zero-order chi connectivity index (χ0) is 85.6. The lowest BCUT2D eigenvalue weighted by atomic mass is 10.1. The van der Waals surface area contributed by atoms with E-state index in [1.807, 2.05) is 127 Å². The number of rotatable bonds is 15. The van der Waals surface area contributed by atoms with E-state index in [2.05, 4.69) is 192 Å². The van der Waals surface area contributed by atoms with Gasteiger partial charge in [-0.05, 0) is 175 Å². The van der Waals surface area contributed by atoms with Crippen LogP contribution < -0.4 is 32.9 Å². The van der Waals surface area contributed by atoms with Crippen molar-refractivity contribution in [2.75, 3.05) is 172 Å². The minimum absolute atomic E-state index is 0.124. The van der Waals surface area contributed by atoms with Gasteiger partial charge in [0.05, 0.1) is 29.5 Å². The summed E-state index contributed by atoms with van der Waals surface area (Å²) in [6, 6.07) is 48.7. The number of nitrogens with zero attached hydrogens (tertiary/aromatic N) is 26. The lowest BCUT2D eigenvalue weighted by molar-refractivity contribution is 0.214. The number of nitrogens with two attached hydrogens (primary N) is 1. The number of benzene rings is 3. The number of hydrazone groups is 5. The summed E-state index contributed by atoms with van der Waals surface area (Å²) in [7, 11) is 10.5. The number of anilines is 1. The SMILES string of the molecule is CN1CCN(C(=S)N/N=C(/c2ccccc2)c2cnccn2)CC1.CN1CCN(C(=S)N/N=C(/c2ccccn2)c2cnccn2)CC1.CN1CCN(C(=S)N/N=C(\c2cccnn2)c2ccccc2N)CC1.CN1CCN(C(=S)N/N=C(\c2cccnn2)c2ccccc2O)CC1.CN1CCN(C(=S)NN=C(c2ccccn2)c2ccccn2)CC1. The molecule has 0 saturated carbocycles. The molecule has 12 heterocycles. The molecule has 8 N–H and O–H groups in total. The fraction of sp³-hybridized carbons (Fsp3) is 0.298. The smallest absolute Gasteiger partial charge is 0.189 e. The van der Waals surface area contributed by atoms with E-state index >= 15 is 0 Å². The van der Waals surface area contributed by atoms with Crippen LogP contribution in [0.4, 0.5) is 5.69 Å². The number of hydrogen-bond acceptors (Lipinski definition) is 28. The minimum atomic E-state index is 0.124. The zero-order valence-electron chi connectivity index (χ0n) is 68.7. The van der Waals surface area contributed by atoms with Crippen LogP contribution in [0.1, 0.15) is 56.5 Å². The third-order valence-electron chi connectivity index (χ3n) is 19.7. The van der Waals surface area contributed by atoms with Gasteiger partial charge in [0.1, 0.15) is 57.1 Å². The Morgan fingerprint density at radius 1 is 0.295 bits per heavy atom. The van der Waals surface area contributed by atoms with E-state index in [0.29, 0.717) is 88.1 Å². The molecule has 0 unspecified atom stereocenters. The molecule has 15 rings (SSSR count). The molecule has 33 nitrogen and oxygen atoms in total. The maximum absolute atomic E-state index is 10.2. The first-order valence-electron chi connectivity index (χ1n) is 39.6. The summed E-state index contributed by atoms with van der Waals surface area (Å²) in [5, 5.41) is 51.7. The van der Waals surface area contributed by atoms with Gasteiger partial charge in [-0.1, -0.05) is 78.9 Å². The number of phenolic OH excluding ortho intramolecular Hbond substituents is 1. The number of aromatic hydroxyl groups is 1. The lowest BCUT2D eigenvalue weighted by Crippen LogP contribution is -2.49. The van der Waals surface area contributed by atoms with Crippen LogP contribution in [-0.2, 0) is 0 Å². The average Bonchev–Trinajstić information content (AvgIpc) is 0.837. The Bertz CT molecular complexity index is 4530. The van der Waals surface area contributed by atoms with Crippen molar-refractivity contribution in [3.05, 3.63) is 282 Å². The second-order valence-corrected chi connectivity index (χ2v) is 30.3. The molecule has 0 atom stereocenters. The number of aromatic nitrogens is 11. The predicted molar refractivity (Wildman–Crippen MR) is 498 cm³/mol. The van der Waals surface area contributed by atoms with Gasteiger partial charge in [0.15, 0.2) is 25.6 Å².